The minimum atomic E-state index is -5.39. The molecule has 0 saturated carbocycles. The van der Waals surface area contributed by atoms with Crippen molar-refractivity contribution in [2.75, 3.05) is 0 Å². The molecule has 84 valence electrons. The summed E-state index contributed by atoms with van der Waals surface area (Å²) >= 11 is 0. The second-order valence-electron chi connectivity index (χ2n) is 0.894. The van der Waals surface area contributed by atoms with Gasteiger partial charge >= 0.3 is 0 Å². The van der Waals surface area contributed by atoms with Crippen LogP contribution in [-0.4, -0.2) is 0 Å². The molecule has 0 amide bonds. The minimum absolute atomic E-state index is 0. The monoisotopic (exact) mass is 394 g/mol. The van der Waals surface area contributed by atoms with Crippen LogP contribution >= 0.6 is 15.6 Å². The maximum absolute atomic E-state index is 8.55. The van der Waals surface area contributed by atoms with E-state index in [0.29, 0.717) is 0 Å². The molecule has 0 aromatic rings. The largest absolute Gasteiger partial charge is 0.822 e. The SMILES string of the molecule is O=P([O-])([O-])[O-].O=P([O-])([O-])[O-].[Mo].[Ni].[Ti]. The van der Waals surface area contributed by atoms with E-state index in [1.807, 2.05) is 0 Å². The van der Waals surface area contributed by atoms with E-state index in [0.717, 1.165) is 0 Å². The van der Waals surface area contributed by atoms with E-state index in [9.17, 15) is 0 Å². The topological polar surface area (TPSA) is 172 Å². The van der Waals surface area contributed by atoms with Gasteiger partial charge in [0.15, 0.2) is 0 Å². The zero-order valence-electron chi connectivity index (χ0n) is 5.38. The van der Waals surface area contributed by atoms with E-state index in [4.69, 9.17) is 38.5 Å². The quantitative estimate of drug-likeness (QED) is 0.290. The van der Waals surface area contributed by atoms with Crippen molar-refractivity contribution in [3.8, 4) is 0 Å². The number of hydrogen-bond acceptors (Lipinski definition) is 8. The van der Waals surface area contributed by atoms with E-state index >= 15 is 0 Å². The molecule has 0 heterocycles. The summed E-state index contributed by atoms with van der Waals surface area (Å²) < 4.78 is 17.1. The molecule has 8 nitrogen and oxygen atoms in total. The van der Waals surface area contributed by atoms with Crippen LogP contribution in [0.2, 0.25) is 0 Å². The van der Waals surface area contributed by atoms with Crippen molar-refractivity contribution in [3.05, 3.63) is 0 Å². The van der Waals surface area contributed by atoms with Crippen LogP contribution in [0, 0.1) is 0 Å². The van der Waals surface area contributed by atoms with Crippen molar-refractivity contribution in [1.29, 1.82) is 0 Å². The van der Waals surface area contributed by atoms with Crippen LogP contribution in [0.25, 0.3) is 0 Å². The van der Waals surface area contributed by atoms with E-state index in [2.05, 4.69) is 0 Å². The molecule has 0 fully saturated rings. The summed E-state index contributed by atoms with van der Waals surface area (Å²) in [4.78, 5) is 51.3. The molecule has 0 atom stereocenters. The molecule has 0 aliphatic heterocycles. The Balaban J connectivity index is -0.0000000267. The average molecular weight is 392 g/mol. The third-order valence-electron chi connectivity index (χ3n) is 0. The van der Waals surface area contributed by atoms with Gasteiger partial charge in [-0.15, -0.1) is 0 Å². The van der Waals surface area contributed by atoms with E-state index in [-0.39, 0.29) is 59.3 Å². The first-order valence-corrected chi connectivity index (χ1v) is 4.38. The van der Waals surface area contributed by atoms with E-state index in [1.165, 1.54) is 0 Å². The number of hydrogen-bond donors (Lipinski definition) is 0. The number of phosphoric acid groups is 2. The summed E-state index contributed by atoms with van der Waals surface area (Å²) in [6.45, 7) is 0. The summed E-state index contributed by atoms with van der Waals surface area (Å²) in [5, 5.41) is 0. The molecule has 0 rings (SSSR count). The van der Waals surface area contributed by atoms with Crippen molar-refractivity contribution < 1.29 is 97.8 Å². The third kappa shape index (κ3) is 463. The van der Waals surface area contributed by atoms with E-state index in [1.54, 1.807) is 0 Å². The number of rotatable bonds is 0. The van der Waals surface area contributed by atoms with Gasteiger partial charge in [0.2, 0.25) is 0 Å². The van der Waals surface area contributed by atoms with E-state index < -0.39 is 15.6 Å². The first kappa shape index (κ1) is 29.4. The fraction of sp³-hybridized carbons (Fsp3) is 0. The molecular weight excluding hydrogens is 392 g/mol. The smallest absolute Gasteiger partial charge is 0 e. The second kappa shape index (κ2) is 12.2. The molecule has 0 spiro atoms. The molecule has 0 unspecified atom stereocenters. The van der Waals surface area contributed by atoms with Gasteiger partial charge in [-0.2, -0.15) is 15.6 Å². The van der Waals surface area contributed by atoms with Gasteiger partial charge in [-0.25, -0.2) is 0 Å². The average Bonchev–Trinajstić information content (AvgIpc) is 1.12. The zero-order valence-corrected chi connectivity index (χ0v) is 11.7. The van der Waals surface area contributed by atoms with Gasteiger partial charge in [0, 0.05) is 59.3 Å². The molecule has 0 radical (unpaired) electrons. The molecule has 0 aliphatic carbocycles. The molecule has 0 aliphatic rings. The van der Waals surface area contributed by atoms with Crippen molar-refractivity contribution >= 4 is 15.6 Å². The van der Waals surface area contributed by atoms with Crippen molar-refractivity contribution in [1.82, 2.24) is 0 Å². The zero-order chi connectivity index (χ0) is 9.00. The van der Waals surface area contributed by atoms with Crippen LogP contribution in [0.1, 0.15) is 0 Å². The Hall–Kier alpha value is 2.12. The minimum Gasteiger partial charge on any atom is -0.822 e. The summed E-state index contributed by atoms with van der Waals surface area (Å²) in [7, 11) is -10.8. The van der Waals surface area contributed by atoms with Crippen LogP contribution in [0.15, 0.2) is 0 Å². The Morgan fingerprint density at radius 1 is 0.692 bits per heavy atom. The Kier molecular flexibility index (Phi) is 27.6. The maximum Gasteiger partial charge on any atom is 0 e. The third-order valence-corrected chi connectivity index (χ3v) is 0. The fourth-order valence-electron chi connectivity index (χ4n) is 0. The molecule has 0 bridgehead atoms. The molecular formula is MoNiO8P2Ti-6. The Morgan fingerprint density at radius 2 is 0.692 bits per heavy atom. The van der Waals surface area contributed by atoms with Crippen LogP contribution in [-0.2, 0) is 68.4 Å². The first-order valence-electron chi connectivity index (χ1n) is 1.46. The summed E-state index contributed by atoms with van der Waals surface area (Å²) in [5.74, 6) is 0. The molecule has 0 aromatic carbocycles. The van der Waals surface area contributed by atoms with Gasteiger partial charge in [-0.05, 0) is 0 Å². The molecule has 13 heteroatoms. The van der Waals surface area contributed by atoms with Crippen LogP contribution < -0.4 is 29.4 Å². The van der Waals surface area contributed by atoms with Gasteiger partial charge in [0.1, 0.15) is 0 Å². The van der Waals surface area contributed by atoms with Gasteiger partial charge in [0.05, 0.1) is 0 Å². The predicted octanol–water partition coefficient (Wildman–Crippen LogP) is -5.66. The van der Waals surface area contributed by atoms with Crippen LogP contribution in [0.3, 0.4) is 0 Å². The normalized spacial score (nSPS) is 9.08. The maximum atomic E-state index is 8.55. The van der Waals surface area contributed by atoms with Gasteiger partial charge < -0.3 is 38.5 Å². The Labute approximate surface area is 113 Å². The molecule has 0 N–H and O–H groups in total. The summed E-state index contributed by atoms with van der Waals surface area (Å²) in [6.07, 6.45) is 0. The van der Waals surface area contributed by atoms with Crippen molar-refractivity contribution in [3.63, 3.8) is 0 Å². The van der Waals surface area contributed by atoms with Gasteiger partial charge in [-0.3, -0.25) is 0 Å². The molecule has 13 heavy (non-hydrogen) atoms. The van der Waals surface area contributed by atoms with Gasteiger partial charge in [-0.1, -0.05) is 0 Å². The van der Waals surface area contributed by atoms with Crippen molar-refractivity contribution in [2.45, 2.75) is 0 Å². The van der Waals surface area contributed by atoms with Crippen LogP contribution in [0.5, 0.6) is 0 Å². The molecule has 0 saturated heterocycles. The predicted molar refractivity (Wildman–Crippen MR) is 15.2 cm³/mol. The molecule has 0 aromatic heterocycles. The second-order valence-corrected chi connectivity index (χ2v) is 2.68. The van der Waals surface area contributed by atoms with Crippen LogP contribution in [0.4, 0.5) is 0 Å². The van der Waals surface area contributed by atoms with Crippen molar-refractivity contribution in [2.24, 2.45) is 0 Å². The fourth-order valence-corrected chi connectivity index (χ4v) is 0. The summed E-state index contributed by atoms with van der Waals surface area (Å²) in [5.41, 5.74) is 0. The Morgan fingerprint density at radius 3 is 0.692 bits per heavy atom. The standard InChI is InChI=1S/Mo.Ni.2H3O4P.Ti/c;;2*1-5(2,3)4;/h;;2*(H3,1,2,3,4);/p-6. The first-order chi connectivity index (χ1) is 4.00. The van der Waals surface area contributed by atoms with Gasteiger partial charge in [0.25, 0.3) is 0 Å². The Bertz CT molecular complexity index is 134. The summed E-state index contributed by atoms with van der Waals surface area (Å²) in [6, 6.07) is 0.